The monoisotopic (exact) mass is 409 g/mol. The molecule has 1 aromatic rings. The first kappa shape index (κ1) is 22.5. The van der Waals surface area contributed by atoms with Gasteiger partial charge in [-0.3, -0.25) is 9.59 Å². The third-order valence-corrected chi connectivity index (χ3v) is 5.33. The first-order valence-electron chi connectivity index (χ1n) is 10.3. The van der Waals surface area contributed by atoms with Crippen LogP contribution in [0.5, 0.6) is 5.75 Å². The van der Waals surface area contributed by atoms with Crippen molar-refractivity contribution in [2.75, 3.05) is 31.1 Å². The fourth-order valence-electron chi connectivity index (χ4n) is 3.81. The van der Waals surface area contributed by atoms with Crippen molar-refractivity contribution in [3.05, 3.63) is 24.3 Å². The van der Waals surface area contributed by atoms with E-state index in [0.717, 1.165) is 25.2 Å². The summed E-state index contributed by atoms with van der Waals surface area (Å²) >= 11 is 0. The maximum Gasteiger partial charge on any atom is 0.257 e. The van der Waals surface area contributed by atoms with Crippen LogP contribution in [0.3, 0.4) is 0 Å². The van der Waals surface area contributed by atoms with Crippen LogP contribution in [0, 0.1) is 0 Å². The van der Waals surface area contributed by atoms with E-state index in [-0.39, 0.29) is 30.8 Å². The Labute approximate surface area is 173 Å². The van der Waals surface area contributed by atoms with E-state index in [1.165, 1.54) is 38.5 Å². The second kappa shape index (κ2) is 11.9. The molecule has 0 atom stereocenters. The van der Waals surface area contributed by atoms with E-state index in [0.29, 0.717) is 24.8 Å². The molecule has 0 aromatic heterocycles. The van der Waals surface area contributed by atoms with Crippen molar-refractivity contribution in [3.8, 4) is 5.75 Å². The Morgan fingerprint density at radius 1 is 1.04 bits per heavy atom. The summed E-state index contributed by atoms with van der Waals surface area (Å²) in [5, 5.41) is 6.43. The fraction of sp³-hybridized carbons (Fsp3) is 0.619. The zero-order valence-corrected chi connectivity index (χ0v) is 17.3. The highest BCUT2D eigenvalue weighted by Crippen LogP contribution is 2.23. The Morgan fingerprint density at radius 3 is 2.39 bits per heavy atom. The van der Waals surface area contributed by atoms with Crippen LogP contribution in [0.1, 0.15) is 51.4 Å². The quantitative estimate of drug-likeness (QED) is 0.511. The van der Waals surface area contributed by atoms with Gasteiger partial charge in [0.25, 0.3) is 5.91 Å². The highest BCUT2D eigenvalue weighted by atomic mass is 35.5. The number of amides is 2. The van der Waals surface area contributed by atoms with Crippen molar-refractivity contribution in [2.24, 2.45) is 0 Å². The normalized spacial score (nSPS) is 17.7. The van der Waals surface area contributed by atoms with Gasteiger partial charge in [0.1, 0.15) is 5.75 Å². The van der Waals surface area contributed by atoms with Crippen LogP contribution in [0.15, 0.2) is 24.3 Å². The smallest absolute Gasteiger partial charge is 0.257 e. The predicted molar refractivity (Wildman–Crippen MR) is 113 cm³/mol. The lowest BCUT2D eigenvalue weighted by Crippen LogP contribution is -2.38. The van der Waals surface area contributed by atoms with Gasteiger partial charge in [-0.1, -0.05) is 25.7 Å². The van der Waals surface area contributed by atoms with Gasteiger partial charge < -0.3 is 20.3 Å². The molecule has 2 N–H and O–H groups in total. The van der Waals surface area contributed by atoms with E-state index in [4.69, 9.17) is 4.74 Å². The first-order chi connectivity index (χ1) is 13.2. The van der Waals surface area contributed by atoms with Crippen LogP contribution in [0.4, 0.5) is 5.69 Å². The van der Waals surface area contributed by atoms with Gasteiger partial charge in [0.15, 0.2) is 6.61 Å². The van der Waals surface area contributed by atoms with Crippen LogP contribution in [0.2, 0.25) is 0 Å². The van der Waals surface area contributed by atoms with Gasteiger partial charge in [-0.2, -0.15) is 0 Å². The fourth-order valence-corrected chi connectivity index (χ4v) is 3.81. The van der Waals surface area contributed by atoms with Crippen molar-refractivity contribution < 1.29 is 14.3 Å². The van der Waals surface area contributed by atoms with Gasteiger partial charge >= 0.3 is 0 Å². The van der Waals surface area contributed by atoms with Gasteiger partial charge in [-0.15, -0.1) is 12.4 Å². The summed E-state index contributed by atoms with van der Waals surface area (Å²) in [6.45, 7) is 2.20. The van der Waals surface area contributed by atoms with Crippen LogP contribution >= 0.6 is 12.4 Å². The number of anilines is 1. The number of hydrogen-bond donors (Lipinski definition) is 2. The minimum Gasteiger partial charge on any atom is -0.484 e. The van der Waals surface area contributed by atoms with E-state index in [1.807, 2.05) is 24.3 Å². The van der Waals surface area contributed by atoms with Crippen LogP contribution in [0.25, 0.3) is 0 Å². The average molecular weight is 410 g/mol. The number of benzene rings is 1. The molecule has 1 saturated heterocycles. The topological polar surface area (TPSA) is 70.7 Å². The predicted octanol–water partition coefficient (Wildman–Crippen LogP) is 3.04. The Kier molecular flexibility index (Phi) is 9.58. The molecule has 1 aromatic carbocycles. The van der Waals surface area contributed by atoms with Crippen molar-refractivity contribution >= 4 is 29.9 Å². The standard InChI is InChI=1S/C21H31N3O3.ClH/c25-20(23-14-13-22-17-6-3-1-2-4-7-17)16-27-19-11-9-18(10-12-19)24-15-5-8-21(24)26;/h9-12,17,22H,1-8,13-16H2,(H,23,25);1H. The Hall–Kier alpha value is -1.79. The number of rotatable bonds is 8. The van der Waals surface area contributed by atoms with Crippen LogP contribution in [-0.2, 0) is 9.59 Å². The molecule has 1 saturated carbocycles. The molecule has 1 heterocycles. The molecule has 28 heavy (non-hydrogen) atoms. The Balaban J connectivity index is 0.00000280. The molecular weight excluding hydrogens is 378 g/mol. The lowest BCUT2D eigenvalue weighted by molar-refractivity contribution is -0.123. The van der Waals surface area contributed by atoms with Crippen LogP contribution in [-0.4, -0.2) is 44.1 Å². The molecule has 0 unspecified atom stereocenters. The van der Waals surface area contributed by atoms with E-state index in [9.17, 15) is 9.59 Å². The van der Waals surface area contributed by atoms with Crippen molar-refractivity contribution in [2.45, 2.75) is 57.4 Å². The summed E-state index contributed by atoms with van der Waals surface area (Å²) in [6.07, 6.45) is 9.33. The molecule has 6 nitrogen and oxygen atoms in total. The molecule has 1 aliphatic heterocycles. The number of ether oxygens (including phenoxy) is 1. The van der Waals surface area contributed by atoms with Gasteiger partial charge in [0.05, 0.1) is 0 Å². The number of halogens is 1. The Morgan fingerprint density at radius 2 is 1.75 bits per heavy atom. The summed E-state index contributed by atoms with van der Waals surface area (Å²) in [5.74, 6) is 0.689. The number of carbonyl (C=O) groups is 2. The summed E-state index contributed by atoms with van der Waals surface area (Å²) in [4.78, 5) is 25.5. The van der Waals surface area contributed by atoms with Gasteiger partial charge in [-0.05, 0) is 43.5 Å². The van der Waals surface area contributed by atoms with Gasteiger partial charge in [0, 0.05) is 37.8 Å². The largest absolute Gasteiger partial charge is 0.484 e. The van der Waals surface area contributed by atoms with Crippen LogP contribution < -0.4 is 20.3 Å². The summed E-state index contributed by atoms with van der Waals surface area (Å²) < 4.78 is 5.54. The zero-order chi connectivity index (χ0) is 18.9. The lowest BCUT2D eigenvalue weighted by atomic mass is 10.1. The highest BCUT2D eigenvalue weighted by Gasteiger charge is 2.21. The van der Waals surface area contributed by atoms with Crippen molar-refractivity contribution in [1.82, 2.24) is 10.6 Å². The maximum absolute atomic E-state index is 11.9. The number of nitrogens with zero attached hydrogens (tertiary/aromatic N) is 1. The van der Waals surface area contributed by atoms with Crippen molar-refractivity contribution in [3.63, 3.8) is 0 Å². The molecule has 156 valence electrons. The highest BCUT2D eigenvalue weighted by molar-refractivity contribution is 5.95. The van der Waals surface area contributed by atoms with E-state index in [2.05, 4.69) is 10.6 Å². The molecule has 2 aliphatic rings. The third kappa shape index (κ3) is 6.99. The Bertz CT molecular complexity index is 616. The second-order valence-electron chi connectivity index (χ2n) is 7.42. The van der Waals surface area contributed by atoms with E-state index >= 15 is 0 Å². The number of hydrogen-bond acceptors (Lipinski definition) is 4. The minimum atomic E-state index is -0.114. The second-order valence-corrected chi connectivity index (χ2v) is 7.42. The number of carbonyl (C=O) groups excluding carboxylic acids is 2. The SMILES string of the molecule is Cl.O=C(COc1ccc(N2CCCC2=O)cc1)NCCNC1CCCCCC1. The average Bonchev–Trinajstić information content (AvgIpc) is 2.95. The lowest BCUT2D eigenvalue weighted by Gasteiger charge is -2.17. The molecular formula is C21H32ClN3O3. The van der Waals surface area contributed by atoms with E-state index in [1.54, 1.807) is 4.90 Å². The van der Waals surface area contributed by atoms with Gasteiger partial charge in [0.2, 0.25) is 5.91 Å². The molecule has 0 spiro atoms. The molecule has 3 rings (SSSR count). The molecule has 2 fully saturated rings. The van der Waals surface area contributed by atoms with Crippen molar-refractivity contribution in [1.29, 1.82) is 0 Å². The zero-order valence-electron chi connectivity index (χ0n) is 16.5. The maximum atomic E-state index is 11.9. The third-order valence-electron chi connectivity index (χ3n) is 5.33. The first-order valence-corrected chi connectivity index (χ1v) is 10.3. The molecule has 1 aliphatic carbocycles. The molecule has 2 amide bonds. The molecule has 0 radical (unpaired) electrons. The van der Waals surface area contributed by atoms with Gasteiger partial charge in [-0.25, -0.2) is 0 Å². The number of nitrogens with one attached hydrogen (secondary N) is 2. The summed E-state index contributed by atoms with van der Waals surface area (Å²) in [6, 6.07) is 7.95. The molecule has 0 bridgehead atoms. The summed E-state index contributed by atoms with van der Waals surface area (Å²) in [5.41, 5.74) is 0.888. The van der Waals surface area contributed by atoms with E-state index < -0.39 is 0 Å². The minimum absolute atomic E-state index is 0. The summed E-state index contributed by atoms with van der Waals surface area (Å²) in [7, 11) is 0. The molecule has 7 heteroatoms.